The van der Waals surface area contributed by atoms with Gasteiger partial charge in [-0.25, -0.2) is 0 Å². The van der Waals surface area contributed by atoms with E-state index in [4.69, 9.17) is 4.74 Å². The summed E-state index contributed by atoms with van der Waals surface area (Å²) in [5.41, 5.74) is 2.95. The van der Waals surface area contributed by atoms with Crippen LogP contribution in [0, 0.1) is 5.92 Å². The molecule has 1 atom stereocenters. The molecular weight excluding hydrogens is 312 g/mol. The standard InChI is InChI=1S/C18H25BrO/c1-18(2)12-20-17-10-8-14(11-15(17)18)16(19)9-7-13-5-3-4-6-13/h8,10-11,13,16H,3-7,9,12H2,1-2H3. The van der Waals surface area contributed by atoms with E-state index < -0.39 is 0 Å². The summed E-state index contributed by atoms with van der Waals surface area (Å²) >= 11 is 3.90. The second-order valence-corrected chi connectivity index (χ2v) is 8.23. The van der Waals surface area contributed by atoms with Gasteiger partial charge in [0.2, 0.25) is 0 Å². The van der Waals surface area contributed by atoms with Crippen molar-refractivity contribution >= 4 is 15.9 Å². The lowest BCUT2D eigenvalue weighted by Gasteiger charge is -2.18. The highest BCUT2D eigenvalue weighted by Crippen LogP contribution is 2.42. The summed E-state index contributed by atoms with van der Waals surface area (Å²) in [6, 6.07) is 6.74. The van der Waals surface area contributed by atoms with Crippen LogP contribution in [-0.2, 0) is 5.41 Å². The van der Waals surface area contributed by atoms with Crippen molar-refractivity contribution in [1.82, 2.24) is 0 Å². The Morgan fingerprint density at radius 2 is 2.05 bits per heavy atom. The molecule has 2 aliphatic rings. The maximum atomic E-state index is 5.77. The van der Waals surface area contributed by atoms with Crippen LogP contribution >= 0.6 is 15.9 Å². The van der Waals surface area contributed by atoms with Crippen molar-refractivity contribution in [2.75, 3.05) is 6.61 Å². The first kappa shape index (κ1) is 14.4. The summed E-state index contributed by atoms with van der Waals surface area (Å²) in [6.07, 6.45) is 8.41. The van der Waals surface area contributed by atoms with E-state index in [9.17, 15) is 0 Å². The Hall–Kier alpha value is -0.500. The first-order valence-electron chi connectivity index (χ1n) is 7.97. The first-order chi connectivity index (χ1) is 9.56. The monoisotopic (exact) mass is 336 g/mol. The maximum absolute atomic E-state index is 5.77. The molecule has 1 fully saturated rings. The lowest BCUT2D eigenvalue weighted by Crippen LogP contribution is -2.18. The van der Waals surface area contributed by atoms with E-state index in [0.29, 0.717) is 4.83 Å². The van der Waals surface area contributed by atoms with E-state index in [1.54, 1.807) is 0 Å². The second-order valence-electron chi connectivity index (χ2n) is 7.12. The van der Waals surface area contributed by atoms with Crippen LogP contribution in [-0.4, -0.2) is 6.61 Å². The molecule has 20 heavy (non-hydrogen) atoms. The molecule has 2 heteroatoms. The summed E-state index contributed by atoms with van der Waals surface area (Å²) in [6.45, 7) is 5.34. The van der Waals surface area contributed by atoms with E-state index in [-0.39, 0.29) is 5.41 Å². The third-order valence-corrected chi connectivity index (χ3v) is 5.97. The quantitative estimate of drug-likeness (QED) is 0.635. The molecule has 0 amide bonds. The molecule has 1 aliphatic heterocycles. The zero-order valence-electron chi connectivity index (χ0n) is 12.6. The highest BCUT2D eigenvalue weighted by atomic mass is 79.9. The van der Waals surface area contributed by atoms with Gasteiger partial charge in [-0.15, -0.1) is 0 Å². The van der Waals surface area contributed by atoms with Crippen LogP contribution in [0.2, 0.25) is 0 Å². The van der Waals surface area contributed by atoms with Gasteiger partial charge in [-0.3, -0.25) is 0 Å². The van der Waals surface area contributed by atoms with Crippen molar-refractivity contribution in [3.8, 4) is 5.75 Å². The van der Waals surface area contributed by atoms with Gasteiger partial charge < -0.3 is 4.74 Å². The van der Waals surface area contributed by atoms with Gasteiger partial charge in [-0.05, 0) is 30.4 Å². The second kappa shape index (κ2) is 5.71. The van der Waals surface area contributed by atoms with Crippen LogP contribution in [0.1, 0.15) is 68.3 Å². The number of fused-ring (bicyclic) bond motifs is 1. The molecule has 3 rings (SSSR count). The van der Waals surface area contributed by atoms with Crippen molar-refractivity contribution in [3.05, 3.63) is 29.3 Å². The van der Waals surface area contributed by atoms with E-state index >= 15 is 0 Å². The van der Waals surface area contributed by atoms with Gasteiger partial charge in [0, 0.05) is 15.8 Å². The van der Waals surface area contributed by atoms with Crippen LogP contribution in [0.5, 0.6) is 5.75 Å². The normalized spacial score (nSPS) is 22.6. The Morgan fingerprint density at radius 1 is 1.30 bits per heavy atom. The van der Waals surface area contributed by atoms with Crippen molar-refractivity contribution in [2.24, 2.45) is 5.92 Å². The van der Waals surface area contributed by atoms with Gasteiger partial charge in [0.15, 0.2) is 0 Å². The number of alkyl halides is 1. The van der Waals surface area contributed by atoms with Gasteiger partial charge >= 0.3 is 0 Å². The van der Waals surface area contributed by atoms with E-state index in [0.717, 1.165) is 18.3 Å². The molecule has 1 heterocycles. The molecule has 110 valence electrons. The molecular formula is C18H25BrO. The van der Waals surface area contributed by atoms with Crippen molar-refractivity contribution in [2.45, 2.75) is 62.6 Å². The number of hydrogen-bond donors (Lipinski definition) is 0. The number of rotatable bonds is 4. The van der Waals surface area contributed by atoms with E-state index in [1.807, 2.05) is 0 Å². The molecule has 0 saturated heterocycles. The van der Waals surface area contributed by atoms with Gasteiger partial charge in [-0.1, -0.05) is 67.6 Å². The summed E-state index contributed by atoms with van der Waals surface area (Å²) in [5.74, 6) is 2.05. The third kappa shape index (κ3) is 2.90. The van der Waals surface area contributed by atoms with E-state index in [2.05, 4.69) is 48.0 Å². The van der Waals surface area contributed by atoms with Crippen LogP contribution in [0.3, 0.4) is 0 Å². The molecule has 1 nitrogen and oxygen atoms in total. The molecule has 0 radical (unpaired) electrons. The fourth-order valence-corrected chi connectivity index (χ4v) is 4.13. The molecule has 1 aromatic carbocycles. The first-order valence-corrected chi connectivity index (χ1v) is 8.89. The largest absolute Gasteiger partial charge is 0.492 e. The average molecular weight is 337 g/mol. The Kier molecular flexibility index (Phi) is 4.12. The number of benzene rings is 1. The number of ether oxygens (including phenoxy) is 1. The van der Waals surface area contributed by atoms with Crippen LogP contribution in [0.4, 0.5) is 0 Å². The predicted molar refractivity (Wildman–Crippen MR) is 87.8 cm³/mol. The smallest absolute Gasteiger partial charge is 0.123 e. The predicted octanol–water partition coefficient (Wildman–Crippen LogP) is 5.76. The van der Waals surface area contributed by atoms with Crippen LogP contribution in [0.25, 0.3) is 0 Å². The third-order valence-electron chi connectivity index (χ3n) is 4.99. The minimum Gasteiger partial charge on any atom is -0.492 e. The molecule has 1 unspecified atom stereocenters. The highest BCUT2D eigenvalue weighted by Gasteiger charge is 2.32. The summed E-state index contributed by atoms with van der Waals surface area (Å²) in [5, 5.41) is 0. The molecule has 1 aliphatic carbocycles. The minimum atomic E-state index is 0.156. The summed E-state index contributed by atoms with van der Waals surface area (Å²) in [4.78, 5) is 0.491. The minimum absolute atomic E-state index is 0.156. The Balaban J connectivity index is 1.67. The van der Waals surface area contributed by atoms with Gasteiger partial charge in [0.05, 0.1) is 6.61 Å². The van der Waals surface area contributed by atoms with Crippen molar-refractivity contribution in [1.29, 1.82) is 0 Å². The topological polar surface area (TPSA) is 9.23 Å². The van der Waals surface area contributed by atoms with Crippen molar-refractivity contribution in [3.63, 3.8) is 0 Å². The van der Waals surface area contributed by atoms with Gasteiger partial charge in [0.1, 0.15) is 5.75 Å². The molecule has 0 N–H and O–H groups in total. The average Bonchev–Trinajstić information content (AvgIpc) is 3.04. The van der Waals surface area contributed by atoms with Crippen LogP contribution < -0.4 is 4.74 Å². The van der Waals surface area contributed by atoms with Crippen molar-refractivity contribution < 1.29 is 4.74 Å². The Morgan fingerprint density at radius 3 is 2.80 bits per heavy atom. The molecule has 1 saturated carbocycles. The molecule has 0 spiro atoms. The number of halogens is 1. The lowest BCUT2D eigenvalue weighted by molar-refractivity contribution is 0.291. The van der Waals surface area contributed by atoms with Gasteiger partial charge in [-0.2, -0.15) is 0 Å². The molecule has 0 aromatic heterocycles. The SMILES string of the molecule is CC1(C)COc2ccc(C(Br)CCC3CCCC3)cc21. The highest BCUT2D eigenvalue weighted by molar-refractivity contribution is 9.09. The zero-order chi connectivity index (χ0) is 14.2. The maximum Gasteiger partial charge on any atom is 0.123 e. The molecule has 0 bridgehead atoms. The Bertz CT molecular complexity index is 474. The summed E-state index contributed by atoms with van der Waals surface area (Å²) < 4.78 is 5.77. The van der Waals surface area contributed by atoms with Crippen LogP contribution in [0.15, 0.2) is 18.2 Å². The van der Waals surface area contributed by atoms with E-state index in [1.165, 1.54) is 49.7 Å². The zero-order valence-corrected chi connectivity index (χ0v) is 14.2. The Labute approximate surface area is 131 Å². The fourth-order valence-electron chi connectivity index (χ4n) is 3.58. The summed E-state index contributed by atoms with van der Waals surface area (Å²) in [7, 11) is 0. The lowest BCUT2D eigenvalue weighted by atomic mass is 9.85. The number of hydrogen-bond acceptors (Lipinski definition) is 1. The fraction of sp³-hybridized carbons (Fsp3) is 0.667. The van der Waals surface area contributed by atoms with Gasteiger partial charge in [0.25, 0.3) is 0 Å². The molecule has 1 aromatic rings.